The molecule has 1 saturated heterocycles. The van der Waals surface area contributed by atoms with Gasteiger partial charge in [-0.25, -0.2) is 0 Å². The van der Waals surface area contributed by atoms with Crippen LogP contribution < -0.4 is 15.4 Å². The molecule has 1 heterocycles. The van der Waals surface area contributed by atoms with Crippen LogP contribution in [-0.2, 0) is 9.53 Å². The number of carbonyl (C=O) groups is 2. The summed E-state index contributed by atoms with van der Waals surface area (Å²) in [5.74, 6) is 0.163. The second-order valence-corrected chi connectivity index (χ2v) is 7.16. The highest BCUT2D eigenvalue weighted by Gasteiger charge is 2.22. The molecule has 0 unspecified atom stereocenters. The molecule has 0 radical (unpaired) electrons. The fraction of sp³-hybridized carbons (Fsp3) is 0.391. The molecule has 1 aliphatic rings. The maximum absolute atomic E-state index is 12.8. The summed E-state index contributed by atoms with van der Waals surface area (Å²) in [7, 11) is 0. The number of hydrogen-bond donors (Lipinski definition) is 2. The second kappa shape index (κ2) is 10.1. The number of hydrogen-bond acceptors (Lipinski definition) is 4. The summed E-state index contributed by atoms with van der Waals surface area (Å²) < 4.78 is 11.5. The van der Waals surface area contributed by atoms with Crippen LogP contribution in [0.3, 0.4) is 0 Å². The molecule has 1 fully saturated rings. The molecule has 0 aliphatic carbocycles. The summed E-state index contributed by atoms with van der Waals surface area (Å²) >= 11 is 0. The van der Waals surface area contributed by atoms with Crippen LogP contribution in [0.2, 0.25) is 0 Å². The lowest BCUT2D eigenvalue weighted by molar-refractivity contribution is -0.122. The second-order valence-electron chi connectivity index (χ2n) is 7.16. The Morgan fingerprint density at radius 1 is 1.17 bits per heavy atom. The number of para-hydroxylation sites is 2. The minimum atomic E-state index is -0.654. The highest BCUT2D eigenvalue weighted by molar-refractivity contribution is 6.04. The molecule has 2 amide bonds. The average molecular weight is 396 g/mol. The molecule has 2 N–H and O–H groups in total. The quantitative estimate of drug-likeness (QED) is 0.713. The van der Waals surface area contributed by atoms with E-state index in [9.17, 15) is 9.59 Å². The zero-order valence-corrected chi connectivity index (χ0v) is 16.9. The van der Waals surface area contributed by atoms with E-state index in [4.69, 9.17) is 9.47 Å². The van der Waals surface area contributed by atoms with Crippen molar-refractivity contribution in [3.05, 3.63) is 59.7 Å². The maximum Gasteiger partial charge on any atom is 0.265 e. The fourth-order valence-corrected chi connectivity index (χ4v) is 3.27. The van der Waals surface area contributed by atoms with Crippen molar-refractivity contribution < 1.29 is 19.1 Å². The SMILES string of the molecule is CC[C@@H](Oc1ccccc1C)C(=O)Nc1ccccc1C(=O)NC[C@@H]1CCCO1. The number of amides is 2. The topological polar surface area (TPSA) is 76.7 Å². The van der Waals surface area contributed by atoms with Gasteiger partial charge in [0.2, 0.25) is 0 Å². The summed E-state index contributed by atoms with van der Waals surface area (Å²) in [6.07, 6.45) is 1.89. The Hall–Kier alpha value is -2.86. The first-order valence-electron chi connectivity index (χ1n) is 10.1. The lowest BCUT2D eigenvalue weighted by Crippen LogP contribution is -2.35. The van der Waals surface area contributed by atoms with Gasteiger partial charge in [0.15, 0.2) is 6.10 Å². The zero-order valence-electron chi connectivity index (χ0n) is 16.9. The third kappa shape index (κ3) is 5.57. The van der Waals surface area contributed by atoms with Gasteiger partial charge in [-0.3, -0.25) is 9.59 Å². The molecule has 1 aliphatic heterocycles. The average Bonchev–Trinajstić information content (AvgIpc) is 3.25. The van der Waals surface area contributed by atoms with E-state index >= 15 is 0 Å². The van der Waals surface area contributed by atoms with E-state index in [1.54, 1.807) is 24.3 Å². The van der Waals surface area contributed by atoms with Crippen molar-refractivity contribution in [2.75, 3.05) is 18.5 Å². The van der Waals surface area contributed by atoms with Crippen LogP contribution in [0.5, 0.6) is 5.75 Å². The Morgan fingerprint density at radius 3 is 2.66 bits per heavy atom. The largest absolute Gasteiger partial charge is 0.480 e. The molecule has 2 aromatic rings. The van der Waals surface area contributed by atoms with Gasteiger partial charge in [0.25, 0.3) is 11.8 Å². The van der Waals surface area contributed by atoms with Crippen LogP contribution >= 0.6 is 0 Å². The standard InChI is InChI=1S/C23H28N2O4/c1-3-20(29-21-13-7-4-9-16(21)2)23(27)25-19-12-6-5-11-18(19)22(26)24-15-17-10-8-14-28-17/h4-7,9,11-13,17,20H,3,8,10,14-15H2,1-2H3,(H,24,26)(H,25,27)/t17-,20+/m0/s1. The van der Waals surface area contributed by atoms with Gasteiger partial charge in [0.05, 0.1) is 17.4 Å². The van der Waals surface area contributed by atoms with E-state index in [1.807, 2.05) is 38.1 Å². The molecule has 2 aromatic carbocycles. The molecule has 2 atom stereocenters. The number of carbonyl (C=O) groups excluding carboxylic acids is 2. The van der Waals surface area contributed by atoms with Crippen molar-refractivity contribution in [2.24, 2.45) is 0 Å². The van der Waals surface area contributed by atoms with Crippen LogP contribution in [0, 0.1) is 6.92 Å². The van der Waals surface area contributed by atoms with Crippen LogP contribution in [0.15, 0.2) is 48.5 Å². The minimum absolute atomic E-state index is 0.0627. The van der Waals surface area contributed by atoms with Crippen molar-refractivity contribution >= 4 is 17.5 Å². The highest BCUT2D eigenvalue weighted by Crippen LogP contribution is 2.21. The van der Waals surface area contributed by atoms with E-state index in [1.165, 1.54) is 0 Å². The smallest absolute Gasteiger partial charge is 0.265 e. The van der Waals surface area contributed by atoms with E-state index in [2.05, 4.69) is 10.6 Å². The Labute approximate surface area is 171 Å². The van der Waals surface area contributed by atoms with Crippen molar-refractivity contribution in [1.29, 1.82) is 0 Å². The molecule has 29 heavy (non-hydrogen) atoms. The van der Waals surface area contributed by atoms with Gasteiger partial charge in [-0.1, -0.05) is 37.3 Å². The maximum atomic E-state index is 12.8. The first kappa shape index (κ1) is 20.9. The van der Waals surface area contributed by atoms with Crippen LogP contribution in [0.1, 0.15) is 42.1 Å². The van der Waals surface area contributed by atoms with E-state index < -0.39 is 6.10 Å². The molecule has 6 nitrogen and oxygen atoms in total. The Kier molecular flexibility index (Phi) is 7.25. The van der Waals surface area contributed by atoms with Gasteiger partial charge in [0, 0.05) is 13.2 Å². The molecule has 0 bridgehead atoms. The molecule has 6 heteroatoms. The highest BCUT2D eigenvalue weighted by atomic mass is 16.5. The molecule has 0 spiro atoms. The van der Waals surface area contributed by atoms with Crippen molar-refractivity contribution in [2.45, 2.75) is 45.3 Å². The number of anilines is 1. The number of rotatable bonds is 8. The summed E-state index contributed by atoms with van der Waals surface area (Å²) in [5, 5.41) is 5.75. The summed E-state index contributed by atoms with van der Waals surface area (Å²) in [6, 6.07) is 14.6. The summed E-state index contributed by atoms with van der Waals surface area (Å²) in [4.78, 5) is 25.4. The molecule has 154 valence electrons. The molecule has 3 rings (SSSR count). The Morgan fingerprint density at radius 2 is 1.93 bits per heavy atom. The molecular weight excluding hydrogens is 368 g/mol. The number of aryl methyl sites for hydroxylation is 1. The first-order valence-corrected chi connectivity index (χ1v) is 10.1. The fourth-order valence-electron chi connectivity index (χ4n) is 3.27. The predicted octanol–water partition coefficient (Wildman–Crippen LogP) is 3.70. The lowest BCUT2D eigenvalue weighted by atomic mass is 10.1. The van der Waals surface area contributed by atoms with E-state index in [0.29, 0.717) is 30.0 Å². The van der Waals surface area contributed by atoms with Gasteiger partial charge >= 0.3 is 0 Å². The Bertz CT molecular complexity index is 846. The van der Waals surface area contributed by atoms with Gasteiger partial charge in [-0.15, -0.1) is 0 Å². The van der Waals surface area contributed by atoms with E-state index in [-0.39, 0.29) is 17.9 Å². The van der Waals surface area contributed by atoms with Crippen molar-refractivity contribution in [3.63, 3.8) is 0 Å². The number of nitrogens with one attached hydrogen (secondary N) is 2. The monoisotopic (exact) mass is 396 g/mol. The zero-order chi connectivity index (χ0) is 20.6. The third-order valence-corrected chi connectivity index (χ3v) is 4.97. The lowest BCUT2D eigenvalue weighted by Gasteiger charge is -2.19. The predicted molar refractivity (Wildman–Crippen MR) is 112 cm³/mol. The Balaban J connectivity index is 1.66. The molecular formula is C23H28N2O4. The normalized spacial score (nSPS) is 16.8. The van der Waals surface area contributed by atoms with Gasteiger partial charge in [-0.05, 0) is 49.9 Å². The first-order chi connectivity index (χ1) is 14.1. The van der Waals surface area contributed by atoms with Gasteiger partial charge in [0.1, 0.15) is 5.75 Å². The third-order valence-electron chi connectivity index (χ3n) is 4.97. The molecule has 0 aromatic heterocycles. The van der Waals surface area contributed by atoms with E-state index in [0.717, 1.165) is 25.0 Å². The van der Waals surface area contributed by atoms with Crippen LogP contribution in [0.25, 0.3) is 0 Å². The van der Waals surface area contributed by atoms with Gasteiger partial charge < -0.3 is 20.1 Å². The summed E-state index contributed by atoms with van der Waals surface area (Å²) in [5.41, 5.74) is 1.85. The van der Waals surface area contributed by atoms with Gasteiger partial charge in [-0.2, -0.15) is 0 Å². The number of ether oxygens (including phenoxy) is 2. The summed E-state index contributed by atoms with van der Waals surface area (Å²) in [6.45, 7) is 5.04. The number of benzene rings is 2. The minimum Gasteiger partial charge on any atom is -0.480 e. The van der Waals surface area contributed by atoms with Crippen molar-refractivity contribution in [1.82, 2.24) is 5.32 Å². The van der Waals surface area contributed by atoms with Crippen LogP contribution in [-0.4, -0.2) is 37.2 Å². The van der Waals surface area contributed by atoms with Crippen LogP contribution in [0.4, 0.5) is 5.69 Å². The molecule has 0 saturated carbocycles. The van der Waals surface area contributed by atoms with Crippen molar-refractivity contribution in [3.8, 4) is 5.75 Å².